The van der Waals surface area contributed by atoms with Crippen LogP contribution in [0.15, 0.2) is 18.2 Å². The Morgan fingerprint density at radius 3 is 2.86 bits per heavy atom. The standard InChI is InChI=1S/C19H15F2N3O4S/c1-24-7-6-18(27,17(24)26)5-4-10-2-3-12-11(8-10)13-14(19(20,21)9-28-12)29-16(23-13)15(22)25/h2-3,8,27H,6-7,9H2,1H3,(H2,22,25)/t18-/m0/s1. The molecule has 1 fully saturated rings. The van der Waals surface area contributed by atoms with Gasteiger partial charge < -0.3 is 20.5 Å². The lowest BCUT2D eigenvalue weighted by Crippen LogP contribution is -2.37. The number of carbonyl (C=O) groups is 2. The molecule has 150 valence electrons. The lowest BCUT2D eigenvalue weighted by atomic mass is 10.0. The van der Waals surface area contributed by atoms with E-state index in [4.69, 9.17) is 10.5 Å². The maximum absolute atomic E-state index is 14.5. The van der Waals surface area contributed by atoms with E-state index in [1.54, 1.807) is 7.05 Å². The summed E-state index contributed by atoms with van der Waals surface area (Å²) < 4.78 is 34.2. The van der Waals surface area contributed by atoms with Gasteiger partial charge in [0.1, 0.15) is 10.6 Å². The van der Waals surface area contributed by atoms with Gasteiger partial charge in [-0.2, -0.15) is 8.78 Å². The molecule has 3 heterocycles. The first-order valence-electron chi connectivity index (χ1n) is 8.58. The summed E-state index contributed by atoms with van der Waals surface area (Å²) in [6.45, 7) is -0.520. The number of carbonyl (C=O) groups excluding carboxylic acids is 2. The molecular weight excluding hydrogens is 404 g/mol. The van der Waals surface area contributed by atoms with Crippen LogP contribution in [-0.4, -0.2) is 52.6 Å². The third-order valence-corrected chi connectivity index (χ3v) is 5.92. The first kappa shape index (κ1) is 19.3. The zero-order chi connectivity index (χ0) is 21.0. The fourth-order valence-electron chi connectivity index (χ4n) is 3.15. The number of hydrogen-bond acceptors (Lipinski definition) is 6. The minimum absolute atomic E-state index is 0.0969. The molecule has 7 nitrogen and oxygen atoms in total. The van der Waals surface area contributed by atoms with Gasteiger partial charge in [0.05, 0.1) is 5.69 Å². The molecule has 29 heavy (non-hydrogen) atoms. The largest absolute Gasteiger partial charge is 0.486 e. The zero-order valence-corrected chi connectivity index (χ0v) is 16.0. The number of amides is 2. The Labute approximate surface area is 168 Å². The van der Waals surface area contributed by atoms with Crippen molar-refractivity contribution in [3.63, 3.8) is 0 Å². The summed E-state index contributed by atoms with van der Waals surface area (Å²) in [6, 6.07) is 4.46. The maximum atomic E-state index is 14.5. The van der Waals surface area contributed by atoms with Gasteiger partial charge in [-0.25, -0.2) is 4.98 Å². The monoisotopic (exact) mass is 419 g/mol. The molecular formula is C19H15F2N3O4S. The number of nitrogens with two attached hydrogens (primary N) is 1. The maximum Gasteiger partial charge on any atom is 0.317 e. The zero-order valence-electron chi connectivity index (χ0n) is 15.2. The van der Waals surface area contributed by atoms with E-state index in [1.165, 1.54) is 23.1 Å². The molecule has 2 aliphatic heterocycles. The van der Waals surface area contributed by atoms with Gasteiger partial charge in [0.15, 0.2) is 11.6 Å². The van der Waals surface area contributed by atoms with Crippen molar-refractivity contribution in [1.82, 2.24) is 9.88 Å². The van der Waals surface area contributed by atoms with Crippen LogP contribution in [0.1, 0.15) is 26.7 Å². The van der Waals surface area contributed by atoms with Crippen molar-refractivity contribution in [2.75, 3.05) is 20.2 Å². The van der Waals surface area contributed by atoms with Crippen LogP contribution < -0.4 is 10.5 Å². The number of benzene rings is 1. The summed E-state index contributed by atoms with van der Waals surface area (Å²) in [7, 11) is 1.57. The third kappa shape index (κ3) is 3.22. The number of halogens is 2. The number of nitrogens with zero attached hydrogens (tertiary/aromatic N) is 2. The highest BCUT2D eigenvalue weighted by Crippen LogP contribution is 2.46. The van der Waals surface area contributed by atoms with Crippen molar-refractivity contribution in [2.45, 2.75) is 17.9 Å². The smallest absolute Gasteiger partial charge is 0.317 e. The Hall–Kier alpha value is -3.03. The minimum atomic E-state index is -3.35. The number of likely N-dealkylation sites (N-methyl/N-ethyl adjacent to an activating group) is 1. The Morgan fingerprint density at radius 1 is 1.45 bits per heavy atom. The molecule has 1 aromatic carbocycles. The van der Waals surface area contributed by atoms with Gasteiger partial charge in [-0.1, -0.05) is 11.8 Å². The highest BCUT2D eigenvalue weighted by Gasteiger charge is 2.43. The molecule has 0 spiro atoms. The van der Waals surface area contributed by atoms with Crippen LogP contribution in [-0.2, 0) is 10.7 Å². The molecule has 0 radical (unpaired) electrons. The second-order valence-corrected chi connectivity index (χ2v) is 7.85. The Morgan fingerprint density at radius 2 is 2.21 bits per heavy atom. The summed E-state index contributed by atoms with van der Waals surface area (Å²) in [4.78, 5) is 28.4. The quantitative estimate of drug-likeness (QED) is 0.679. The summed E-state index contributed by atoms with van der Waals surface area (Å²) in [5.41, 5.74) is 3.93. The van der Waals surface area contributed by atoms with Crippen LogP contribution in [0.4, 0.5) is 8.78 Å². The summed E-state index contributed by atoms with van der Waals surface area (Å²) >= 11 is 0.525. The molecule has 0 unspecified atom stereocenters. The van der Waals surface area contributed by atoms with E-state index < -0.39 is 34.8 Å². The molecule has 2 aromatic rings. The highest BCUT2D eigenvalue weighted by molar-refractivity contribution is 7.14. The van der Waals surface area contributed by atoms with E-state index >= 15 is 0 Å². The van der Waals surface area contributed by atoms with Gasteiger partial charge in [-0.15, -0.1) is 11.3 Å². The fraction of sp³-hybridized carbons (Fsp3) is 0.316. The summed E-state index contributed by atoms with van der Waals surface area (Å²) in [5.74, 6) is 0.720. The van der Waals surface area contributed by atoms with E-state index in [1.807, 2.05) is 0 Å². The van der Waals surface area contributed by atoms with Crippen LogP contribution in [0, 0.1) is 11.8 Å². The SMILES string of the molecule is CN1CC[C@@](O)(C#Cc2ccc3c(c2)-c2nc(C(N)=O)sc2C(F)(F)CO3)C1=O. The van der Waals surface area contributed by atoms with E-state index in [-0.39, 0.29) is 28.4 Å². The summed E-state index contributed by atoms with van der Waals surface area (Å²) in [5, 5.41) is 10.2. The van der Waals surface area contributed by atoms with Gasteiger partial charge in [0.25, 0.3) is 11.8 Å². The first-order chi connectivity index (χ1) is 13.6. The average Bonchev–Trinajstić information content (AvgIpc) is 3.21. The minimum Gasteiger partial charge on any atom is -0.486 e. The van der Waals surface area contributed by atoms with Crippen molar-refractivity contribution < 1.29 is 28.2 Å². The molecule has 10 heteroatoms. The summed E-state index contributed by atoms with van der Waals surface area (Å²) in [6.07, 6.45) is 0.174. The first-order valence-corrected chi connectivity index (χ1v) is 9.40. The molecule has 0 aliphatic carbocycles. The number of alkyl halides is 2. The van der Waals surface area contributed by atoms with Gasteiger partial charge in [-0.3, -0.25) is 9.59 Å². The third-order valence-electron chi connectivity index (χ3n) is 4.74. The molecule has 1 atom stereocenters. The predicted molar refractivity (Wildman–Crippen MR) is 99.5 cm³/mol. The molecule has 0 saturated carbocycles. The molecule has 4 rings (SSSR count). The number of rotatable bonds is 1. The van der Waals surface area contributed by atoms with Crippen molar-refractivity contribution in [2.24, 2.45) is 5.73 Å². The Kier molecular flexibility index (Phi) is 4.33. The molecule has 3 N–H and O–H groups in total. The van der Waals surface area contributed by atoms with Gasteiger partial charge in [0, 0.05) is 31.1 Å². The Balaban J connectivity index is 1.79. The Bertz CT molecular complexity index is 1100. The number of likely N-dealkylation sites (tertiary alicyclic amines) is 1. The lowest BCUT2D eigenvalue weighted by Gasteiger charge is -2.13. The second kappa shape index (κ2) is 6.50. The van der Waals surface area contributed by atoms with Gasteiger partial charge in [0.2, 0.25) is 5.60 Å². The number of aromatic nitrogens is 1. The number of primary amides is 1. The molecule has 2 amide bonds. The van der Waals surface area contributed by atoms with E-state index in [2.05, 4.69) is 16.8 Å². The molecule has 0 bridgehead atoms. The van der Waals surface area contributed by atoms with Crippen molar-refractivity contribution in [3.8, 4) is 28.8 Å². The number of thiazole rings is 1. The van der Waals surface area contributed by atoms with Gasteiger partial charge in [-0.05, 0) is 18.2 Å². The number of hydrogen-bond donors (Lipinski definition) is 2. The molecule has 1 saturated heterocycles. The number of ether oxygens (including phenoxy) is 1. The normalized spacial score (nSPS) is 22.1. The highest BCUT2D eigenvalue weighted by atomic mass is 32.1. The molecule has 1 aromatic heterocycles. The predicted octanol–water partition coefficient (Wildman–Crippen LogP) is 1.34. The van der Waals surface area contributed by atoms with Crippen LogP contribution in [0.2, 0.25) is 0 Å². The number of aliphatic hydroxyl groups is 1. The lowest BCUT2D eigenvalue weighted by molar-refractivity contribution is -0.137. The average molecular weight is 419 g/mol. The van der Waals surface area contributed by atoms with Crippen LogP contribution >= 0.6 is 11.3 Å². The number of fused-ring (bicyclic) bond motifs is 3. The van der Waals surface area contributed by atoms with Crippen LogP contribution in [0.25, 0.3) is 11.3 Å². The van der Waals surface area contributed by atoms with Crippen molar-refractivity contribution in [1.29, 1.82) is 0 Å². The van der Waals surface area contributed by atoms with E-state index in [9.17, 15) is 23.5 Å². The van der Waals surface area contributed by atoms with Crippen molar-refractivity contribution >= 4 is 23.2 Å². The molecule has 2 aliphatic rings. The topological polar surface area (TPSA) is 106 Å². The second-order valence-electron chi connectivity index (χ2n) is 6.85. The fourth-order valence-corrected chi connectivity index (χ4v) is 4.05. The van der Waals surface area contributed by atoms with Crippen molar-refractivity contribution in [3.05, 3.63) is 33.6 Å². The van der Waals surface area contributed by atoms with E-state index in [0.717, 1.165) is 0 Å². The van der Waals surface area contributed by atoms with E-state index in [0.29, 0.717) is 23.4 Å². The van der Waals surface area contributed by atoms with Crippen LogP contribution in [0.5, 0.6) is 5.75 Å². The van der Waals surface area contributed by atoms with Gasteiger partial charge >= 0.3 is 5.92 Å². The van der Waals surface area contributed by atoms with Crippen LogP contribution in [0.3, 0.4) is 0 Å².